The van der Waals surface area contributed by atoms with Gasteiger partial charge in [0, 0.05) is 86.9 Å². The Balaban J connectivity index is 1.05. The zero-order valence-corrected chi connectivity index (χ0v) is 35.5. The van der Waals surface area contributed by atoms with Gasteiger partial charge in [0.05, 0.1) is 27.0 Å². The van der Waals surface area contributed by atoms with Crippen molar-refractivity contribution in [2.75, 3.05) is 62.7 Å². The molecule has 1 amide bonds. The number of fused-ring (bicyclic) bond motifs is 1. The normalized spacial score (nSPS) is 18.6. The van der Waals surface area contributed by atoms with E-state index in [4.69, 9.17) is 26.6 Å². The van der Waals surface area contributed by atoms with Crippen molar-refractivity contribution in [2.45, 2.75) is 50.8 Å². The predicted octanol–water partition coefficient (Wildman–Crippen LogP) is 8.66. The van der Waals surface area contributed by atoms with Gasteiger partial charge in [-0.3, -0.25) is 19.8 Å². The first-order valence-corrected chi connectivity index (χ1v) is 22.2. The number of anilines is 2. The van der Waals surface area contributed by atoms with Gasteiger partial charge in [0.15, 0.2) is 0 Å². The summed E-state index contributed by atoms with van der Waals surface area (Å²) in [6.45, 7) is 9.68. The molecule has 2 aromatic heterocycles. The molecule has 0 spiro atoms. The van der Waals surface area contributed by atoms with Crippen LogP contribution >= 0.6 is 11.6 Å². The van der Waals surface area contributed by atoms with Crippen molar-refractivity contribution in [1.82, 2.24) is 19.6 Å². The van der Waals surface area contributed by atoms with Crippen molar-refractivity contribution in [3.8, 4) is 11.5 Å². The summed E-state index contributed by atoms with van der Waals surface area (Å²) in [6, 6.07) is 15.2. The maximum Gasteiger partial charge on any atom is 0.293 e. The Kier molecular flexibility index (Phi) is 10.9. The third-order valence-corrected chi connectivity index (χ3v) is 13.3. The largest absolute Gasteiger partial charge is 0.455 e. The number of nitro groups is 1. The number of piperazine rings is 1. The van der Waals surface area contributed by atoms with Crippen LogP contribution in [0.5, 0.6) is 11.5 Å². The highest BCUT2D eigenvalue weighted by Crippen LogP contribution is 2.43. The summed E-state index contributed by atoms with van der Waals surface area (Å²) in [5.74, 6) is -1.52. The molecule has 0 unspecified atom stereocenters. The number of aromatic nitrogens is 2. The number of nitrogens with one attached hydrogen (secondary N) is 3. The topological polar surface area (TPSA) is 172 Å². The first kappa shape index (κ1) is 37.3. The molecule has 61 heavy (non-hydrogen) atoms. The van der Waals surface area contributed by atoms with Crippen molar-refractivity contribution in [1.29, 1.82) is 0 Å². The van der Waals surface area contributed by atoms with Crippen molar-refractivity contribution in [3.63, 3.8) is 0 Å². The Labute approximate surface area is 366 Å². The highest BCUT2D eigenvalue weighted by Gasteiger charge is 2.31. The quantitative estimate of drug-likeness (QED) is 0.0764. The number of carbonyl (C=O) groups excluding carboxylic acids is 1. The van der Waals surface area contributed by atoms with Crippen molar-refractivity contribution in [2.24, 2.45) is 11.3 Å². The summed E-state index contributed by atoms with van der Waals surface area (Å²) in [6.07, 6.45) is 3.79. The third kappa shape index (κ3) is 10.0. The second-order valence-corrected chi connectivity index (χ2v) is 18.7. The van der Waals surface area contributed by atoms with Gasteiger partial charge in [-0.2, -0.15) is 0 Å². The minimum absolute atomic E-state index is 0.0232. The van der Waals surface area contributed by atoms with Gasteiger partial charge in [-0.1, -0.05) is 43.2 Å². The Morgan fingerprint density at radius 3 is 2.62 bits per heavy atom. The number of hydrogen-bond acceptors (Lipinski definition) is 11. The summed E-state index contributed by atoms with van der Waals surface area (Å²) in [7, 11) is -4.70. The van der Waals surface area contributed by atoms with Crippen molar-refractivity contribution < 1.29 is 33.1 Å². The first-order chi connectivity index (χ1) is 31.0. The van der Waals surface area contributed by atoms with Gasteiger partial charge in [-0.05, 0) is 103 Å². The van der Waals surface area contributed by atoms with Crippen LogP contribution in [0.15, 0.2) is 95.6 Å². The number of sulfonamides is 1. The van der Waals surface area contributed by atoms with Gasteiger partial charge in [0.2, 0.25) is 0 Å². The number of amides is 1. The molecule has 4 heterocycles. The fourth-order valence-corrected chi connectivity index (χ4v) is 9.26. The molecule has 1 aliphatic carbocycles. The monoisotopic (exact) mass is 871 g/mol. The SMILES string of the molecule is [2H]c1nc2[nH]c([2H])c([2H])c2c([2H])c1Oc1cc(N2CCN(CC3=C(c4ccc(Cl)cc4)CC(C)(C)CC3)CC2)ccc1C(=O)NS(=O)(=O)c1ccc(NCC2CCOCC2)c([N+](=O)[O-])c1. The second kappa shape index (κ2) is 17.9. The highest BCUT2D eigenvalue weighted by atomic mass is 35.5. The molecule has 3 aromatic carbocycles. The van der Waals surface area contributed by atoms with E-state index in [2.05, 4.69) is 51.1 Å². The van der Waals surface area contributed by atoms with Gasteiger partial charge in [-0.25, -0.2) is 18.1 Å². The summed E-state index contributed by atoms with van der Waals surface area (Å²) in [4.78, 5) is 36.1. The molecule has 5 aromatic rings. The molecule has 3 aliphatic rings. The predicted molar refractivity (Wildman–Crippen MR) is 237 cm³/mol. The highest BCUT2D eigenvalue weighted by molar-refractivity contribution is 7.90. The van der Waals surface area contributed by atoms with Gasteiger partial charge in [0.25, 0.3) is 21.6 Å². The van der Waals surface area contributed by atoms with E-state index in [0.717, 1.165) is 57.8 Å². The number of pyridine rings is 1. The Morgan fingerprint density at radius 2 is 1.87 bits per heavy atom. The van der Waals surface area contributed by atoms with Crippen LogP contribution in [0.1, 0.15) is 67.4 Å². The number of nitro benzene ring substituents is 1. The molecule has 320 valence electrons. The molecule has 14 nitrogen and oxygen atoms in total. The number of hydrogen-bond donors (Lipinski definition) is 3. The Morgan fingerprint density at radius 1 is 1.10 bits per heavy atom. The zero-order chi connectivity index (χ0) is 46.2. The maximum absolute atomic E-state index is 14.0. The van der Waals surface area contributed by atoms with E-state index in [0.29, 0.717) is 43.6 Å². The van der Waals surface area contributed by atoms with Crippen molar-refractivity contribution >= 4 is 61.2 Å². The standard InChI is InChI=1S/C45H50ClN7O7S/c1-45(2)15-11-33(39(26-45)31-3-5-34(46)6-4-31)29-51-17-19-52(20-18-51)35-7-9-38(42(24-35)60-36-23-32-12-16-47-43(32)49-28-36)44(54)50-61(57,58)37-8-10-40(41(25-37)53(55)56)48-27-30-13-21-59-22-14-30/h3-10,12,16,23-25,28,30,48H,11,13-15,17-22,26-27,29H2,1-2H3,(H,47,49)(H,50,54)/i12D,16D,23D,28D. The number of halogens is 1. The lowest BCUT2D eigenvalue weighted by atomic mass is 9.72. The van der Waals surface area contributed by atoms with Gasteiger partial charge < -0.3 is 24.7 Å². The number of ether oxygens (including phenoxy) is 2. The zero-order valence-electron chi connectivity index (χ0n) is 38.0. The molecule has 2 aliphatic heterocycles. The number of benzene rings is 3. The molecular weight excluding hydrogens is 818 g/mol. The minimum Gasteiger partial charge on any atom is -0.455 e. The first-order valence-electron chi connectivity index (χ1n) is 22.4. The lowest BCUT2D eigenvalue weighted by Gasteiger charge is -2.39. The van der Waals surface area contributed by atoms with Crippen molar-refractivity contribution in [3.05, 3.63) is 117 Å². The molecule has 2 saturated heterocycles. The summed E-state index contributed by atoms with van der Waals surface area (Å²) >= 11 is 6.23. The van der Waals surface area contributed by atoms with E-state index < -0.39 is 49.4 Å². The van der Waals surface area contributed by atoms with E-state index in [1.165, 1.54) is 41.0 Å². The lowest BCUT2D eigenvalue weighted by Crippen LogP contribution is -2.47. The van der Waals surface area contributed by atoms with Gasteiger partial charge >= 0.3 is 0 Å². The van der Waals surface area contributed by atoms with E-state index in [1.807, 2.05) is 16.9 Å². The Bertz CT molecular complexity index is 2790. The summed E-state index contributed by atoms with van der Waals surface area (Å²) < 4.78 is 74.9. The van der Waals surface area contributed by atoms with Crippen LogP contribution in [0.3, 0.4) is 0 Å². The van der Waals surface area contributed by atoms with Gasteiger partial charge in [0.1, 0.15) is 22.8 Å². The van der Waals surface area contributed by atoms with E-state index in [1.54, 1.807) is 6.07 Å². The fourth-order valence-electron chi connectivity index (χ4n) is 8.15. The second-order valence-electron chi connectivity index (χ2n) is 16.6. The molecule has 16 heteroatoms. The number of allylic oxidation sites excluding steroid dienone is 1. The molecule has 8 rings (SSSR count). The molecule has 0 radical (unpaired) electrons. The van der Waals surface area contributed by atoms with Crippen LogP contribution in [0.4, 0.5) is 17.1 Å². The van der Waals surface area contributed by atoms with E-state index in [9.17, 15) is 23.3 Å². The molecule has 0 atom stereocenters. The molecule has 3 N–H and O–H groups in total. The van der Waals surface area contributed by atoms with Crippen LogP contribution in [-0.4, -0.2) is 86.6 Å². The molecule has 2 fully saturated rings. The number of aromatic amines is 1. The van der Waals surface area contributed by atoms with Crippen LogP contribution in [0.2, 0.25) is 5.02 Å². The average Bonchev–Trinajstić information content (AvgIpc) is 3.56. The Hall–Kier alpha value is -5.48. The smallest absolute Gasteiger partial charge is 0.293 e. The van der Waals surface area contributed by atoms with E-state index >= 15 is 0 Å². The number of nitrogens with zero attached hydrogens (tertiary/aromatic N) is 4. The van der Waals surface area contributed by atoms with Gasteiger partial charge in [-0.15, -0.1) is 0 Å². The fraction of sp³-hybridized carbons (Fsp3) is 0.378. The number of carbonyl (C=O) groups is 1. The van der Waals surface area contributed by atoms with Crippen LogP contribution < -0.4 is 19.7 Å². The lowest BCUT2D eigenvalue weighted by molar-refractivity contribution is -0.384. The van der Waals surface area contributed by atoms with E-state index in [-0.39, 0.29) is 51.6 Å². The maximum atomic E-state index is 14.0. The summed E-state index contributed by atoms with van der Waals surface area (Å²) in [5.41, 5.74) is 4.11. The molecule has 0 saturated carbocycles. The van der Waals surface area contributed by atoms with Crippen LogP contribution in [0.25, 0.3) is 16.6 Å². The summed E-state index contributed by atoms with van der Waals surface area (Å²) in [5, 5.41) is 15.8. The molecular formula is C45H50ClN7O7S. The number of H-pyrrole nitrogens is 1. The number of rotatable bonds is 13. The molecule has 0 bridgehead atoms. The minimum atomic E-state index is -4.70. The average molecular weight is 872 g/mol. The van der Waals surface area contributed by atoms with Crippen LogP contribution in [0, 0.1) is 21.4 Å². The van der Waals surface area contributed by atoms with Crippen LogP contribution in [-0.2, 0) is 14.8 Å². The third-order valence-electron chi connectivity index (χ3n) is 11.7.